The first-order chi connectivity index (χ1) is 17.3. The highest BCUT2D eigenvalue weighted by Crippen LogP contribution is 2.32. The van der Waals surface area contributed by atoms with Crippen molar-refractivity contribution in [2.45, 2.75) is 0 Å². The highest BCUT2D eigenvalue weighted by atomic mass is 16.5. The average molecular weight is 485 g/mol. The number of aliphatic imine (C=N–C) groups is 1. The number of ether oxygens (including phenoxy) is 1. The van der Waals surface area contributed by atoms with Crippen molar-refractivity contribution < 1.29 is 24.2 Å². The lowest BCUT2D eigenvalue weighted by Gasteiger charge is -2.15. The van der Waals surface area contributed by atoms with Gasteiger partial charge in [0.05, 0.1) is 36.2 Å². The Morgan fingerprint density at radius 3 is 2.39 bits per heavy atom. The maximum absolute atomic E-state index is 12.7. The molecule has 0 aliphatic rings. The van der Waals surface area contributed by atoms with E-state index < -0.39 is 11.9 Å². The number of fused-ring (bicyclic) bond motifs is 1. The number of hydrogen-bond acceptors (Lipinski definition) is 6. The van der Waals surface area contributed by atoms with Gasteiger partial charge in [0.15, 0.2) is 5.88 Å². The van der Waals surface area contributed by atoms with E-state index in [1.165, 1.54) is 19.1 Å². The van der Waals surface area contributed by atoms with E-state index >= 15 is 0 Å². The predicted molar refractivity (Wildman–Crippen MR) is 136 cm³/mol. The van der Waals surface area contributed by atoms with Crippen molar-refractivity contribution in [1.82, 2.24) is 9.88 Å². The zero-order valence-electron chi connectivity index (χ0n) is 19.7. The SMILES string of the molecule is COC(=O)c1ccc2c(C(=Nc3cccc(C(=O)N(C)CC(N)=O)c3)c3ccccc3)c(O)[nH]c2c1. The van der Waals surface area contributed by atoms with Crippen molar-refractivity contribution in [1.29, 1.82) is 0 Å². The van der Waals surface area contributed by atoms with Gasteiger partial charge >= 0.3 is 5.97 Å². The summed E-state index contributed by atoms with van der Waals surface area (Å²) in [6.45, 7) is -0.210. The molecular formula is C27H24N4O5. The molecule has 4 N–H and O–H groups in total. The van der Waals surface area contributed by atoms with Crippen LogP contribution in [-0.2, 0) is 9.53 Å². The number of likely N-dealkylation sites (N-methyl/N-ethyl adjacent to an activating group) is 1. The number of hydrogen-bond donors (Lipinski definition) is 3. The van der Waals surface area contributed by atoms with Gasteiger partial charge in [-0.3, -0.25) is 9.59 Å². The monoisotopic (exact) mass is 484 g/mol. The minimum atomic E-state index is -0.614. The molecule has 0 spiro atoms. The smallest absolute Gasteiger partial charge is 0.337 e. The van der Waals surface area contributed by atoms with Crippen LogP contribution in [-0.4, -0.2) is 59.2 Å². The average Bonchev–Trinajstić information content (AvgIpc) is 3.21. The molecular weight excluding hydrogens is 460 g/mol. The zero-order chi connectivity index (χ0) is 25.8. The van der Waals surface area contributed by atoms with Crippen molar-refractivity contribution in [2.24, 2.45) is 10.7 Å². The Labute approximate surface area is 206 Å². The molecule has 0 unspecified atom stereocenters. The van der Waals surface area contributed by atoms with E-state index in [4.69, 9.17) is 15.5 Å². The van der Waals surface area contributed by atoms with Gasteiger partial charge in [-0.05, 0) is 30.3 Å². The Bertz CT molecular complexity index is 1490. The highest BCUT2D eigenvalue weighted by Gasteiger charge is 2.20. The maximum atomic E-state index is 12.7. The molecule has 2 amide bonds. The van der Waals surface area contributed by atoms with E-state index in [2.05, 4.69) is 4.98 Å². The van der Waals surface area contributed by atoms with Crippen molar-refractivity contribution >= 4 is 40.1 Å². The van der Waals surface area contributed by atoms with Crippen LogP contribution in [0.4, 0.5) is 5.69 Å². The molecule has 0 radical (unpaired) electrons. The molecule has 0 bridgehead atoms. The second-order valence-corrected chi connectivity index (χ2v) is 8.10. The molecule has 182 valence electrons. The van der Waals surface area contributed by atoms with Crippen LogP contribution < -0.4 is 5.73 Å². The third-order valence-electron chi connectivity index (χ3n) is 5.56. The molecule has 4 aromatic rings. The second-order valence-electron chi connectivity index (χ2n) is 8.10. The van der Waals surface area contributed by atoms with Gasteiger partial charge in [0.1, 0.15) is 0 Å². The highest BCUT2D eigenvalue weighted by molar-refractivity contribution is 6.22. The molecule has 0 saturated heterocycles. The van der Waals surface area contributed by atoms with Crippen LogP contribution in [0, 0.1) is 0 Å². The second kappa shape index (κ2) is 10.1. The molecule has 0 atom stereocenters. The summed E-state index contributed by atoms with van der Waals surface area (Å²) in [5.41, 5.74) is 8.50. The number of carbonyl (C=O) groups excluding carboxylic acids is 3. The Kier molecular flexibility index (Phi) is 6.82. The number of methoxy groups -OCH3 is 1. The van der Waals surface area contributed by atoms with Crippen molar-refractivity contribution in [3.8, 4) is 5.88 Å². The first-order valence-corrected chi connectivity index (χ1v) is 11.0. The fraction of sp³-hybridized carbons (Fsp3) is 0.111. The lowest BCUT2D eigenvalue weighted by atomic mass is 10.00. The minimum absolute atomic E-state index is 0.122. The standard InChI is InChI=1S/C27H24N4O5/c1-31(15-22(28)32)26(34)17-9-6-10-19(13-17)29-24(16-7-4-3-5-8-16)23-20-12-11-18(27(35)36-2)14-21(20)30-25(23)33/h3-14,30,33H,15H2,1-2H3,(H2,28,32). The third kappa shape index (κ3) is 4.95. The lowest BCUT2D eigenvalue weighted by molar-refractivity contribution is -0.118. The fourth-order valence-corrected chi connectivity index (χ4v) is 3.89. The van der Waals surface area contributed by atoms with Gasteiger partial charge in [0.25, 0.3) is 5.91 Å². The van der Waals surface area contributed by atoms with Gasteiger partial charge in [-0.2, -0.15) is 0 Å². The Hall–Kier alpha value is -4.92. The molecule has 0 saturated carbocycles. The molecule has 9 nitrogen and oxygen atoms in total. The van der Waals surface area contributed by atoms with E-state index in [9.17, 15) is 19.5 Å². The van der Waals surface area contributed by atoms with Gasteiger partial charge in [0, 0.05) is 29.1 Å². The van der Waals surface area contributed by atoms with Gasteiger partial charge in [-0.25, -0.2) is 9.79 Å². The number of nitrogens with one attached hydrogen (secondary N) is 1. The molecule has 0 fully saturated rings. The number of H-pyrrole nitrogens is 1. The van der Waals surface area contributed by atoms with Crippen molar-refractivity contribution in [3.63, 3.8) is 0 Å². The number of aromatic nitrogens is 1. The number of carbonyl (C=O) groups is 3. The van der Waals surface area contributed by atoms with Crippen LogP contribution in [0.1, 0.15) is 31.8 Å². The number of aromatic hydroxyl groups is 1. The van der Waals surface area contributed by atoms with E-state index in [0.29, 0.717) is 39.0 Å². The predicted octanol–water partition coefficient (Wildman–Crippen LogP) is 3.39. The Balaban J connectivity index is 1.84. The molecule has 4 rings (SSSR count). The molecule has 9 heteroatoms. The summed E-state index contributed by atoms with van der Waals surface area (Å²) in [5.74, 6) is -1.61. The number of nitrogens with zero attached hydrogens (tertiary/aromatic N) is 2. The van der Waals surface area contributed by atoms with Crippen LogP contribution in [0.2, 0.25) is 0 Å². The summed E-state index contributed by atoms with van der Waals surface area (Å²) in [6, 6.07) is 20.8. The minimum Gasteiger partial charge on any atom is -0.494 e. The number of benzene rings is 3. The first-order valence-electron chi connectivity index (χ1n) is 11.0. The van der Waals surface area contributed by atoms with Crippen LogP contribution in [0.25, 0.3) is 10.9 Å². The summed E-state index contributed by atoms with van der Waals surface area (Å²) in [6.07, 6.45) is 0. The summed E-state index contributed by atoms with van der Waals surface area (Å²) >= 11 is 0. The summed E-state index contributed by atoms with van der Waals surface area (Å²) in [4.78, 5) is 44.9. The topological polar surface area (TPSA) is 138 Å². The normalized spacial score (nSPS) is 11.3. The quantitative estimate of drug-likeness (QED) is 0.273. The number of primary amides is 1. The van der Waals surface area contributed by atoms with Gasteiger partial charge in [-0.1, -0.05) is 42.5 Å². The van der Waals surface area contributed by atoms with Crippen LogP contribution >= 0.6 is 0 Å². The lowest BCUT2D eigenvalue weighted by Crippen LogP contribution is -2.35. The molecule has 36 heavy (non-hydrogen) atoms. The Morgan fingerprint density at radius 1 is 0.972 bits per heavy atom. The number of esters is 1. The summed E-state index contributed by atoms with van der Waals surface area (Å²) in [5, 5.41) is 11.5. The first kappa shape index (κ1) is 24.2. The van der Waals surface area contributed by atoms with E-state index in [-0.39, 0.29) is 18.3 Å². The van der Waals surface area contributed by atoms with Crippen LogP contribution in [0.5, 0.6) is 5.88 Å². The van der Waals surface area contributed by atoms with Crippen LogP contribution in [0.3, 0.4) is 0 Å². The molecule has 0 aliphatic carbocycles. The zero-order valence-corrected chi connectivity index (χ0v) is 19.7. The van der Waals surface area contributed by atoms with Gasteiger partial charge < -0.3 is 25.5 Å². The maximum Gasteiger partial charge on any atom is 0.337 e. The van der Waals surface area contributed by atoms with E-state index in [1.54, 1.807) is 42.5 Å². The molecule has 0 aliphatic heterocycles. The number of aromatic amines is 1. The van der Waals surface area contributed by atoms with Crippen LogP contribution in [0.15, 0.2) is 77.8 Å². The molecule has 3 aromatic carbocycles. The van der Waals surface area contributed by atoms with Gasteiger partial charge in [-0.15, -0.1) is 0 Å². The van der Waals surface area contributed by atoms with E-state index in [1.807, 2.05) is 30.3 Å². The number of nitrogens with two attached hydrogens (primary N) is 1. The van der Waals surface area contributed by atoms with E-state index in [0.717, 1.165) is 5.56 Å². The number of rotatable bonds is 7. The molecule has 1 heterocycles. The molecule has 1 aromatic heterocycles. The Morgan fingerprint density at radius 2 is 1.69 bits per heavy atom. The van der Waals surface area contributed by atoms with Crippen molar-refractivity contribution in [3.05, 3.63) is 95.1 Å². The summed E-state index contributed by atoms with van der Waals surface area (Å²) in [7, 11) is 2.79. The van der Waals surface area contributed by atoms with Crippen molar-refractivity contribution in [2.75, 3.05) is 20.7 Å². The fourth-order valence-electron chi connectivity index (χ4n) is 3.89. The largest absolute Gasteiger partial charge is 0.494 e. The third-order valence-corrected chi connectivity index (χ3v) is 5.56. The number of amides is 2. The van der Waals surface area contributed by atoms with Gasteiger partial charge in [0.2, 0.25) is 5.91 Å². The summed E-state index contributed by atoms with van der Waals surface area (Å²) < 4.78 is 4.79.